The van der Waals surface area contributed by atoms with Crippen LogP contribution in [0.5, 0.6) is 5.75 Å². The quantitative estimate of drug-likeness (QED) is 0.442. The van der Waals surface area contributed by atoms with E-state index in [0.717, 1.165) is 17.8 Å². The van der Waals surface area contributed by atoms with E-state index >= 15 is 0 Å². The van der Waals surface area contributed by atoms with E-state index in [0.29, 0.717) is 22.3 Å². The van der Waals surface area contributed by atoms with Gasteiger partial charge in [-0.05, 0) is 48.5 Å². The Labute approximate surface area is 173 Å². The zero-order valence-corrected chi connectivity index (χ0v) is 15.9. The molecule has 0 unspecified atom stereocenters. The summed E-state index contributed by atoms with van der Waals surface area (Å²) in [5, 5.41) is 16.1. The Hall–Kier alpha value is -3.53. The summed E-state index contributed by atoms with van der Waals surface area (Å²) in [7, 11) is 0. The Morgan fingerprint density at radius 3 is 2.63 bits per heavy atom. The number of nitrogens with two attached hydrogens (primary N) is 1. The Morgan fingerprint density at radius 2 is 1.90 bits per heavy atom. The molecule has 0 aliphatic heterocycles. The number of anilines is 3. The predicted molar refractivity (Wildman–Crippen MR) is 106 cm³/mol. The zero-order valence-electron chi connectivity index (χ0n) is 15.2. The molecule has 0 bridgehead atoms. The average molecular weight is 435 g/mol. The van der Waals surface area contributed by atoms with Crippen molar-refractivity contribution in [2.75, 3.05) is 11.1 Å². The van der Waals surface area contributed by atoms with E-state index in [1.54, 1.807) is 30.3 Å². The highest BCUT2D eigenvalue weighted by atomic mass is 35.5. The lowest BCUT2D eigenvalue weighted by atomic mass is 10.2. The minimum Gasteiger partial charge on any atom is -0.483 e. The lowest BCUT2D eigenvalue weighted by Crippen LogP contribution is -2.08. The van der Waals surface area contributed by atoms with E-state index in [4.69, 9.17) is 22.1 Å². The molecule has 0 saturated heterocycles. The van der Waals surface area contributed by atoms with Gasteiger partial charge in [0.15, 0.2) is 17.3 Å². The number of benzene rings is 2. The highest BCUT2D eigenvalue weighted by Crippen LogP contribution is 2.33. The van der Waals surface area contributed by atoms with Gasteiger partial charge in [0.05, 0.1) is 11.3 Å². The van der Waals surface area contributed by atoms with Gasteiger partial charge < -0.3 is 15.8 Å². The summed E-state index contributed by atoms with van der Waals surface area (Å²) in [6.07, 6.45) is -4.48. The van der Waals surface area contributed by atoms with Gasteiger partial charge in [-0.1, -0.05) is 17.7 Å². The van der Waals surface area contributed by atoms with Gasteiger partial charge in [0.25, 0.3) is 0 Å². The van der Waals surface area contributed by atoms with Crippen LogP contribution < -0.4 is 15.8 Å². The van der Waals surface area contributed by atoms with Gasteiger partial charge in [-0.3, -0.25) is 0 Å². The molecule has 154 valence electrons. The highest BCUT2D eigenvalue weighted by Gasteiger charge is 2.31. The molecule has 2 aromatic carbocycles. The third-order valence-corrected chi connectivity index (χ3v) is 4.35. The van der Waals surface area contributed by atoms with Crippen LogP contribution in [-0.4, -0.2) is 19.8 Å². The third kappa shape index (κ3) is 4.23. The van der Waals surface area contributed by atoms with Crippen LogP contribution in [0.25, 0.3) is 5.65 Å². The van der Waals surface area contributed by atoms with Crippen LogP contribution in [0.4, 0.5) is 30.4 Å². The van der Waals surface area contributed by atoms with Crippen molar-refractivity contribution in [3.05, 3.63) is 71.0 Å². The first-order valence-corrected chi connectivity index (χ1v) is 9.01. The minimum atomic E-state index is -4.48. The fourth-order valence-electron chi connectivity index (χ4n) is 2.70. The number of hydrogen-bond acceptors (Lipinski definition) is 6. The number of fused-ring (bicyclic) bond motifs is 1. The fraction of sp³-hybridized carbons (Fsp3) is 0.105. The molecule has 0 spiro atoms. The molecule has 0 atom stereocenters. The number of halogens is 4. The molecule has 0 aliphatic carbocycles. The summed E-state index contributed by atoms with van der Waals surface area (Å²) in [6.45, 7) is -0.0929. The molecule has 0 amide bonds. The van der Waals surface area contributed by atoms with Crippen LogP contribution in [0.1, 0.15) is 11.4 Å². The second kappa shape index (κ2) is 7.71. The normalized spacial score (nSPS) is 11.6. The summed E-state index contributed by atoms with van der Waals surface area (Å²) in [4.78, 5) is 0. The van der Waals surface area contributed by atoms with Crippen LogP contribution in [0.3, 0.4) is 0 Å². The smallest absolute Gasteiger partial charge is 0.416 e. The van der Waals surface area contributed by atoms with Gasteiger partial charge in [-0.15, -0.1) is 15.3 Å². The fourth-order valence-corrected chi connectivity index (χ4v) is 2.89. The molecule has 30 heavy (non-hydrogen) atoms. The molecule has 0 aliphatic rings. The number of aromatic nitrogens is 4. The van der Waals surface area contributed by atoms with Crippen molar-refractivity contribution < 1.29 is 17.9 Å². The topological polar surface area (TPSA) is 90.4 Å². The van der Waals surface area contributed by atoms with Crippen molar-refractivity contribution in [1.29, 1.82) is 0 Å². The van der Waals surface area contributed by atoms with E-state index in [9.17, 15) is 13.2 Å². The standard InChI is InChI=1S/C19H14ClF3N6O/c20-12-2-1-3-13(9-12)25-16-6-7-17-26-27-18(29(17)28-16)10-30-15-5-4-11(8-14(15)24)19(21,22)23/h1-9H,10,24H2,(H,25,28). The molecular weight excluding hydrogens is 421 g/mol. The maximum absolute atomic E-state index is 12.8. The summed E-state index contributed by atoms with van der Waals surface area (Å²) in [6, 6.07) is 13.5. The number of rotatable bonds is 5. The molecule has 2 aromatic heterocycles. The van der Waals surface area contributed by atoms with Gasteiger partial charge >= 0.3 is 6.18 Å². The number of nitrogens with one attached hydrogen (secondary N) is 1. The van der Waals surface area contributed by atoms with Gasteiger partial charge in [-0.2, -0.15) is 17.7 Å². The summed E-state index contributed by atoms with van der Waals surface area (Å²) in [5.41, 5.74) is 5.94. The highest BCUT2D eigenvalue weighted by molar-refractivity contribution is 6.30. The number of hydrogen-bond donors (Lipinski definition) is 2. The molecule has 0 radical (unpaired) electrons. The maximum atomic E-state index is 12.8. The molecule has 11 heteroatoms. The van der Waals surface area contributed by atoms with Gasteiger partial charge in [0.2, 0.25) is 0 Å². The largest absolute Gasteiger partial charge is 0.483 e. The maximum Gasteiger partial charge on any atom is 0.416 e. The van der Waals surface area contributed by atoms with Crippen molar-refractivity contribution >= 4 is 34.4 Å². The van der Waals surface area contributed by atoms with Crippen molar-refractivity contribution in [1.82, 2.24) is 19.8 Å². The Bertz CT molecular complexity index is 1210. The van der Waals surface area contributed by atoms with E-state index in [1.165, 1.54) is 10.6 Å². The molecular formula is C19H14ClF3N6O. The van der Waals surface area contributed by atoms with Crippen LogP contribution in [0.2, 0.25) is 5.02 Å². The Balaban J connectivity index is 1.53. The van der Waals surface area contributed by atoms with Crippen molar-refractivity contribution in [3.63, 3.8) is 0 Å². The van der Waals surface area contributed by atoms with Gasteiger partial charge in [0, 0.05) is 10.7 Å². The first-order chi connectivity index (χ1) is 14.3. The molecule has 0 fully saturated rings. The summed E-state index contributed by atoms with van der Waals surface area (Å²) < 4.78 is 45.3. The third-order valence-electron chi connectivity index (χ3n) is 4.12. The molecule has 0 saturated carbocycles. The lowest BCUT2D eigenvalue weighted by molar-refractivity contribution is -0.137. The molecule has 4 aromatic rings. The van der Waals surface area contributed by atoms with E-state index < -0.39 is 11.7 Å². The molecule has 7 nitrogen and oxygen atoms in total. The Morgan fingerprint density at radius 1 is 1.07 bits per heavy atom. The SMILES string of the molecule is Nc1cc(C(F)(F)F)ccc1OCc1nnc2ccc(Nc3cccc(Cl)c3)nn12. The zero-order chi connectivity index (χ0) is 21.3. The second-order valence-electron chi connectivity index (χ2n) is 6.28. The molecule has 2 heterocycles. The van der Waals surface area contributed by atoms with E-state index in [1.807, 2.05) is 6.07 Å². The summed E-state index contributed by atoms with van der Waals surface area (Å²) in [5.74, 6) is 0.965. The van der Waals surface area contributed by atoms with E-state index in [2.05, 4.69) is 20.6 Å². The second-order valence-corrected chi connectivity index (χ2v) is 6.72. The van der Waals surface area contributed by atoms with Crippen LogP contribution in [0, 0.1) is 0 Å². The van der Waals surface area contributed by atoms with Crippen LogP contribution in [-0.2, 0) is 12.8 Å². The number of alkyl halides is 3. The van der Waals surface area contributed by atoms with Gasteiger partial charge in [0.1, 0.15) is 12.4 Å². The molecule has 4 rings (SSSR count). The van der Waals surface area contributed by atoms with Crippen molar-refractivity contribution in [3.8, 4) is 5.75 Å². The number of ether oxygens (including phenoxy) is 1. The lowest BCUT2D eigenvalue weighted by Gasteiger charge is -2.11. The van der Waals surface area contributed by atoms with Crippen LogP contribution >= 0.6 is 11.6 Å². The van der Waals surface area contributed by atoms with Crippen molar-refractivity contribution in [2.45, 2.75) is 12.8 Å². The monoisotopic (exact) mass is 434 g/mol. The first-order valence-electron chi connectivity index (χ1n) is 8.63. The number of nitrogen functional groups attached to an aromatic ring is 1. The predicted octanol–water partition coefficient (Wildman–Crippen LogP) is 4.70. The minimum absolute atomic E-state index is 0.0929. The van der Waals surface area contributed by atoms with Gasteiger partial charge in [-0.25, -0.2) is 0 Å². The summed E-state index contributed by atoms with van der Waals surface area (Å²) >= 11 is 5.99. The van der Waals surface area contributed by atoms with E-state index in [-0.39, 0.29) is 18.0 Å². The average Bonchev–Trinajstić information content (AvgIpc) is 3.08. The van der Waals surface area contributed by atoms with Crippen LogP contribution in [0.15, 0.2) is 54.6 Å². The Kier molecular flexibility index (Phi) is 5.08. The van der Waals surface area contributed by atoms with Crippen molar-refractivity contribution in [2.24, 2.45) is 0 Å². The number of nitrogens with zero attached hydrogens (tertiary/aromatic N) is 4. The first kappa shape index (κ1) is 19.8. The molecule has 3 N–H and O–H groups in total.